The SMILES string of the molecule is COc1ccc(-c2cc(=O)c3c(O)cc(O)c(O[C@H]4O[C@@H](C(=O)O)[C@@H](O)[C@@H](O)[C@@H]4OS(=O)(=O)O)c3o2)cc1. The summed E-state index contributed by atoms with van der Waals surface area (Å²) < 4.78 is 57.4. The van der Waals surface area contributed by atoms with Crippen molar-refractivity contribution in [2.24, 2.45) is 0 Å². The first-order chi connectivity index (χ1) is 17.8. The van der Waals surface area contributed by atoms with Crippen LogP contribution in [0.2, 0.25) is 0 Å². The van der Waals surface area contributed by atoms with Gasteiger partial charge in [0.05, 0.1) is 7.11 Å². The minimum atomic E-state index is -5.32. The van der Waals surface area contributed by atoms with E-state index in [2.05, 4.69) is 4.18 Å². The van der Waals surface area contributed by atoms with Crippen LogP contribution in [0.15, 0.2) is 45.6 Å². The van der Waals surface area contributed by atoms with E-state index in [1.54, 1.807) is 12.1 Å². The number of benzene rings is 2. The maximum atomic E-state index is 12.9. The molecule has 15 nitrogen and oxygen atoms in total. The first kappa shape index (κ1) is 27.1. The van der Waals surface area contributed by atoms with Crippen molar-refractivity contribution < 1.29 is 66.1 Å². The molecule has 4 rings (SSSR count). The van der Waals surface area contributed by atoms with Crippen LogP contribution in [0.4, 0.5) is 0 Å². The number of ether oxygens (including phenoxy) is 3. The highest BCUT2D eigenvalue weighted by molar-refractivity contribution is 7.80. The average molecular weight is 556 g/mol. The Bertz CT molecular complexity index is 1530. The minimum Gasteiger partial charge on any atom is -0.507 e. The molecule has 6 N–H and O–H groups in total. The summed E-state index contributed by atoms with van der Waals surface area (Å²) in [5.74, 6) is -3.74. The van der Waals surface area contributed by atoms with Crippen molar-refractivity contribution >= 4 is 27.3 Å². The summed E-state index contributed by atoms with van der Waals surface area (Å²) in [7, 11) is -3.88. The van der Waals surface area contributed by atoms with Gasteiger partial charge < -0.3 is 44.2 Å². The number of phenols is 2. The Balaban J connectivity index is 1.86. The molecule has 0 unspecified atom stereocenters. The van der Waals surface area contributed by atoms with Crippen molar-refractivity contribution in [1.29, 1.82) is 0 Å². The van der Waals surface area contributed by atoms with Crippen molar-refractivity contribution in [3.63, 3.8) is 0 Å². The lowest BCUT2D eigenvalue weighted by atomic mass is 9.99. The van der Waals surface area contributed by atoms with Crippen LogP contribution < -0.4 is 14.9 Å². The van der Waals surface area contributed by atoms with E-state index in [4.69, 9.17) is 23.2 Å². The summed E-state index contributed by atoms with van der Waals surface area (Å²) in [5.41, 5.74) is -1.03. The Morgan fingerprint density at radius 1 is 1.03 bits per heavy atom. The Hall–Kier alpha value is -3.93. The highest BCUT2D eigenvalue weighted by Crippen LogP contribution is 2.42. The van der Waals surface area contributed by atoms with Crippen LogP contribution in [-0.2, 0) is 24.1 Å². The largest absolute Gasteiger partial charge is 0.507 e. The molecule has 0 aliphatic carbocycles. The third-order valence-corrected chi connectivity index (χ3v) is 6.01. The number of methoxy groups -OCH3 is 1. The fraction of sp³-hybridized carbons (Fsp3) is 0.273. The number of carbonyl (C=O) groups is 1. The first-order valence-electron chi connectivity index (χ1n) is 10.5. The van der Waals surface area contributed by atoms with Gasteiger partial charge in [0.25, 0.3) is 0 Å². The molecular formula is C22H20O15S. The Labute approximate surface area is 212 Å². The number of aliphatic hydroxyl groups excluding tert-OH is 2. The molecule has 1 fully saturated rings. The summed E-state index contributed by atoms with van der Waals surface area (Å²) in [6.07, 6.45) is -11.2. The normalized spacial score (nSPS) is 23.7. The van der Waals surface area contributed by atoms with Gasteiger partial charge in [-0.2, -0.15) is 8.42 Å². The highest BCUT2D eigenvalue weighted by Gasteiger charge is 2.51. The number of hydrogen-bond donors (Lipinski definition) is 6. The molecule has 2 aromatic carbocycles. The number of aliphatic carboxylic acids is 1. The predicted molar refractivity (Wildman–Crippen MR) is 123 cm³/mol. The lowest BCUT2D eigenvalue weighted by Crippen LogP contribution is -2.62. The zero-order valence-electron chi connectivity index (χ0n) is 19.1. The molecule has 1 aliphatic rings. The zero-order chi connectivity index (χ0) is 27.9. The number of fused-ring (bicyclic) bond motifs is 1. The summed E-state index contributed by atoms with van der Waals surface area (Å²) >= 11 is 0. The smallest absolute Gasteiger partial charge is 0.397 e. The second-order valence-corrected chi connectivity index (χ2v) is 9.05. The van der Waals surface area contributed by atoms with Crippen molar-refractivity contribution in [3.8, 4) is 34.3 Å². The van der Waals surface area contributed by atoms with E-state index in [-0.39, 0.29) is 5.76 Å². The van der Waals surface area contributed by atoms with Gasteiger partial charge in [0.2, 0.25) is 12.0 Å². The van der Waals surface area contributed by atoms with E-state index in [1.807, 2.05) is 0 Å². The Morgan fingerprint density at radius 2 is 1.68 bits per heavy atom. The number of rotatable bonds is 7. The molecule has 0 radical (unpaired) electrons. The van der Waals surface area contributed by atoms with Crippen molar-refractivity contribution in [1.82, 2.24) is 0 Å². The molecule has 0 amide bonds. The third kappa shape index (κ3) is 5.21. The van der Waals surface area contributed by atoms with Crippen LogP contribution in [-0.4, -0.2) is 82.3 Å². The van der Waals surface area contributed by atoms with Gasteiger partial charge in [-0.3, -0.25) is 9.35 Å². The topological polar surface area (TPSA) is 240 Å². The van der Waals surface area contributed by atoms with Gasteiger partial charge in [-0.05, 0) is 24.3 Å². The standard InChI is InChI=1S/C22H20O15S/c1-33-9-4-2-8(3-5-9)13-7-11(24)14-10(23)6-12(25)17(18(14)34-13)35-22-20(37-38(30,31)32)16(27)15(26)19(36-22)21(28)29/h2-7,15-16,19-20,22-23,25-27H,1H3,(H,28,29)(H,30,31,32)/t15-,16+,19+,20-,22-/m0/s1. The van der Waals surface area contributed by atoms with Gasteiger partial charge in [0.1, 0.15) is 34.9 Å². The maximum absolute atomic E-state index is 12.9. The van der Waals surface area contributed by atoms with Gasteiger partial charge in [0.15, 0.2) is 29.0 Å². The first-order valence-corrected chi connectivity index (χ1v) is 11.9. The molecule has 0 spiro atoms. The monoisotopic (exact) mass is 556 g/mol. The fourth-order valence-corrected chi connectivity index (χ4v) is 4.27. The molecule has 1 aromatic heterocycles. The van der Waals surface area contributed by atoms with Crippen LogP contribution in [0, 0.1) is 0 Å². The lowest BCUT2D eigenvalue weighted by molar-refractivity contribution is -0.265. The molecule has 1 saturated heterocycles. The molecule has 0 saturated carbocycles. The molecule has 38 heavy (non-hydrogen) atoms. The van der Waals surface area contributed by atoms with Crippen molar-refractivity contribution in [3.05, 3.63) is 46.6 Å². The number of carboxylic acid groups (broad SMARTS) is 1. The van der Waals surface area contributed by atoms with Gasteiger partial charge >= 0.3 is 16.4 Å². The van der Waals surface area contributed by atoms with E-state index >= 15 is 0 Å². The molecule has 2 heterocycles. The van der Waals surface area contributed by atoms with E-state index < -0.39 is 80.7 Å². The van der Waals surface area contributed by atoms with E-state index in [0.29, 0.717) is 17.4 Å². The van der Waals surface area contributed by atoms with Gasteiger partial charge in [-0.1, -0.05) is 0 Å². The van der Waals surface area contributed by atoms with E-state index in [9.17, 15) is 43.5 Å². The highest BCUT2D eigenvalue weighted by atomic mass is 32.3. The van der Waals surface area contributed by atoms with E-state index in [1.165, 1.54) is 19.2 Å². The van der Waals surface area contributed by atoms with Gasteiger partial charge in [-0.25, -0.2) is 8.98 Å². The van der Waals surface area contributed by atoms with Crippen LogP contribution in [0.5, 0.6) is 23.0 Å². The number of hydrogen-bond acceptors (Lipinski definition) is 13. The number of aliphatic hydroxyl groups is 2. The molecule has 3 aromatic rings. The van der Waals surface area contributed by atoms with Crippen molar-refractivity contribution in [2.75, 3.05) is 7.11 Å². The third-order valence-electron chi connectivity index (χ3n) is 5.55. The minimum absolute atomic E-state index is 0.0748. The molecule has 16 heteroatoms. The molecule has 0 bridgehead atoms. The average Bonchev–Trinajstić information content (AvgIpc) is 2.84. The van der Waals surface area contributed by atoms with Gasteiger partial charge in [-0.15, -0.1) is 0 Å². The number of aromatic hydroxyl groups is 2. The van der Waals surface area contributed by atoms with Gasteiger partial charge in [0, 0.05) is 17.7 Å². The summed E-state index contributed by atoms with van der Waals surface area (Å²) in [5, 5.41) is 50.0. The fourth-order valence-electron chi connectivity index (χ4n) is 3.79. The Kier molecular flexibility index (Phi) is 7.20. The van der Waals surface area contributed by atoms with Crippen LogP contribution >= 0.6 is 0 Å². The second kappa shape index (κ2) is 10.1. The van der Waals surface area contributed by atoms with Crippen LogP contribution in [0.25, 0.3) is 22.3 Å². The summed E-state index contributed by atoms with van der Waals surface area (Å²) in [6.45, 7) is 0. The van der Waals surface area contributed by atoms with Crippen LogP contribution in [0.3, 0.4) is 0 Å². The Morgan fingerprint density at radius 3 is 2.26 bits per heavy atom. The van der Waals surface area contributed by atoms with Crippen LogP contribution in [0.1, 0.15) is 0 Å². The zero-order valence-corrected chi connectivity index (χ0v) is 19.9. The molecule has 1 aliphatic heterocycles. The maximum Gasteiger partial charge on any atom is 0.397 e. The molecular weight excluding hydrogens is 536 g/mol. The summed E-state index contributed by atoms with van der Waals surface area (Å²) in [4.78, 5) is 24.4. The summed E-state index contributed by atoms with van der Waals surface area (Å²) in [6, 6.07) is 7.89. The predicted octanol–water partition coefficient (Wildman–Crippen LogP) is -0.0221. The molecule has 5 atom stereocenters. The van der Waals surface area contributed by atoms with Crippen molar-refractivity contribution in [2.45, 2.75) is 30.7 Å². The lowest BCUT2D eigenvalue weighted by Gasteiger charge is -2.39. The quantitative estimate of drug-likeness (QED) is 0.210. The number of phenolic OH excluding ortho intramolecular Hbond substituents is 2. The molecule has 204 valence electrons. The number of carboxylic acids is 1. The second-order valence-electron chi connectivity index (χ2n) is 8.00. The van der Waals surface area contributed by atoms with E-state index in [0.717, 1.165) is 6.07 Å².